The van der Waals surface area contributed by atoms with E-state index >= 15 is 0 Å². The van der Waals surface area contributed by atoms with Crippen LogP contribution in [0.5, 0.6) is 0 Å². The Labute approximate surface area is 162 Å². The predicted molar refractivity (Wildman–Crippen MR) is 92.3 cm³/mol. The molecule has 24 heavy (non-hydrogen) atoms. The fraction of sp³-hybridized carbons (Fsp3) is 0.867. The Hall–Kier alpha value is 0.323. The van der Waals surface area contributed by atoms with Crippen molar-refractivity contribution in [1.82, 2.24) is 0 Å². The van der Waals surface area contributed by atoms with Gasteiger partial charge in [-0.05, 0) is 11.8 Å². The van der Waals surface area contributed by atoms with E-state index in [1.165, 1.54) is 0 Å². The summed E-state index contributed by atoms with van der Waals surface area (Å²) in [5.74, 6) is 1.54. The van der Waals surface area contributed by atoms with Crippen molar-refractivity contribution in [3.63, 3.8) is 0 Å². The van der Waals surface area contributed by atoms with Gasteiger partial charge in [0.2, 0.25) is 0 Å². The SMILES string of the molecule is CC(C)C(C1=NC(CO)CO1)(C1=NC(CO)CO1)C(C)C.[Cl][Zr][Cl]. The van der Waals surface area contributed by atoms with Gasteiger partial charge < -0.3 is 19.7 Å². The number of hydrogen-bond acceptors (Lipinski definition) is 6. The van der Waals surface area contributed by atoms with Crippen LogP contribution in [0.4, 0.5) is 0 Å². The molecule has 0 saturated carbocycles. The van der Waals surface area contributed by atoms with Gasteiger partial charge in [-0.3, -0.25) is 0 Å². The van der Waals surface area contributed by atoms with E-state index < -0.39 is 26.3 Å². The zero-order valence-corrected chi connectivity index (χ0v) is 18.5. The van der Waals surface area contributed by atoms with Crippen LogP contribution in [0.1, 0.15) is 27.7 Å². The molecular formula is C15H26Cl2N2O4Zr. The molecule has 2 N–H and O–H groups in total. The standard InChI is InChI=1S/C15H26N2O4.2ClH.Zr/c1-9(2)15(10(3)4,13-16-11(5-18)7-20-13)14-17-12(6-19)8-21-14;;;/h9-12,18-19H,5-8H2,1-4H3;2*1H;/q;;;+2/p-2. The molecule has 0 saturated heterocycles. The molecule has 0 bridgehead atoms. The van der Waals surface area contributed by atoms with Gasteiger partial charge in [-0.15, -0.1) is 0 Å². The molecule has 2 heterocycles. The van der Waals surface area contributed by atoms with Gasteiger partial charge >= 0.3 is 37.9 Å². The average molecular weight is 461 g/mol. The van der Waals surface area contributed by atoms with Crippen LogP contribution >= 0.6 is 17.0 Å². The summed E-state index contributed by atoms with van der Waals surface area (Å²) in [4.78, 5) is 9.08. The van der Waals surface area contributed by atoms with Gasteiger partial charge in [0.1, 0.15) is 30.7 Å². The maximum absolute atomic E-state index is 9.29. The van der Waals surface area contributed by atoms with Crippen LogP contribution in [0.25, 0.3) is 0 Å². The third-order valence-electron chi connectivity index (χ3n) is 4.38. The molecule has 0 fully saturated rings. The number of aliphatic hydroxyl groups is 2. The van der Waals surface area contributed by atoms with E-state index in [1.807, 2.05) is 0 Å². The Morgan fingerprint density at radius 2 is 1.33 bits per heavy atom. The molecule has 0 radical (unpaired) electrons. The minimum atomic E-state index is -0.826. The van der Waals surface area contributed by atoms with Gasteiger partial charge in [-0.1, -0.05) is 27.7 Å². The number of hydrogen-bond donors (Lipinski definition) is 2. The molecule has 6 nitrogen and oxygen atoms in total. The molecule has 0 aromatic carbocycles. The van der Waals surface area contributed by atoms with Gasteiger partial charge in [0, 0.05) is 0 Å². The molecule has 2 unspecified atom stereocenters. The molecule has 2 aliphatic heterocycles. The Morgan fingerprint density at radius 1 is 1.00 bits per heavy atom. The van der Waals surface area contributed by atoms with Crippen molar-refractivity contribution in [1.29, 1.82) is 0 Å². The number of ether oxygens (including phenoxy) is 2. The van der Waals surface area contributed by atoms with E-state index in [9.17, 15) is 10.2 Å². The Balaban J connectivity index is 0.000000891. The molecule has 2 rings (SSSR count). The summed E-state index contributed by atoms with van der Waals surface area (Å²) in [6.45, 7) is 9.11. The third-order valence-corrected chi connectivity index (χ3v) is 4.38. The summed E-state index contributed by atoms with van der Waals surface area (Å²) in [5, 5.41) is 18.6. The summed E-state index contributed by atoms with van der Waals surface area (Å²) in [6, 6.07) is -0.431. The quantitative estimate of drug-likeness (QED) is 0.637. The van der Waals surface area contributed by atoms with Crippen LogP contribution in [-0.4, -0.2) is 60.5 Å². The molecule has 0 aliphatic carbocycles. The van der Waals surface area contributed by atoms with Gasteiger partial charge in [0.25, 0.3) is 0 Å². The minimum absolute atomic E-state index is 0.0254. The molecule has 0 aromatic rings. The summed E-state index contributed by atoms with van der Waals surface area (Å²) in [6.07, 6.45) is 0. The van der Waals surface area contributed by atoms with Gasteiger partial charge in [-0.25, -0.2) is 9.98 Å². The summed E-state index contributed by atoms with van der Waals surface area (Å²) in [5.41, 5.74) is -0.548. The van der Waals surface area contributed by atoms with Crippen molar-refractivity contribution in [3.05, 3.63) is 0 Å². The monoisotopic (exact) mass is 458 g/mol. The first-order valence-electron chi connectivity index (χ1n) is 7.98. The second-order valence-corrected chi connectivity index (χ2v) is 10.1. The van der Waals surface area contributed by atoms with Crippen molar-refractivity contribution in [2.45, 2.75) is 39.8 Å². The van der Waals surface area contributed by atoms with Crippen molar-refractivity contribution >= 4 is 28.8 Å². The first-order chi connectivity index (χ1) is 11.4. The van der Waals surface area contributed by atoms with Crippen molar-refractivity contribution in [2.24, 2.45) is 27.2 Å². The van der Waals surface area contributed by atoms with Crippen molar-refractivity contribution in [2.75, 3.05) is 26.4 Å². The Morgan fingerprint density at radius 3 is 1.54 bits per heavy atom. The maximum atomic E-state index is 9.29. The number of aliphatic hydroxyl groups excluding tert-OH is 2. The molecule has 9 heteroatoms. The van der Waals surface area contributed by atoms with E-state index in [0.717, 1.165) is 0 Å². The van der Waals surface area contributed by atoms with Crippen molar-refractivity contribution in [3.8, 4) is 0 Å². The second-order valence-electron chi connectivity index (χ2n) is 6.41. The molecular weight excluding hydrogens is 434 g/mol. The summed E-state index contributed by atoms with van der Waals surface area (Å²) >= 11 is -0.826. The van der Waals surface area contributed by atoms with Crippen molar-refractivity contribution < 1.29 is 40.5 Å². The fourth-order valence-electron chi connectivity index (χ4n) is 3.22. The predicted octanol–water partition coefficient (Wildman–Crippen LogP) is 2.24. The van der Waals surface area contributed by atoms with Crippen LogP contribution in [0, 0.1) is 17.3 Å². The molecule has 138 valence electrons. The normalized spacial score (nSPS) is 23.2. The number of rotatable bonds is 6. The van der Waals surface area contributed by atoms with E-state index in [0.29, 0.717) is 25.0 Å². The Bertz CT molecular complexity index is 421. The van der Waals surface area contributed by atoms with Crippen LogP contribution in [0.3, 0.4) is 0 Å². The molecule has 2 aliphatic rings. The van der Waals surface area contributed by atoms with Gasteiger partial charge in [-0.2, -0.15) is 0 Å². The van der Waals surface area contributed by atoms with Gasteiger partial charge in [0.15, 0.2) is 11.8 Å². The van der Waals surface area contributed by atoms with Crippen LogP contribution in [-0.2, 0) is 30.3 Å². The van der Waals surface area contributed by atoms with E-state index in [2.05, 4.69) is 37.7 Å². The molecule has 0 spiro atoms. The first-order valence-corrected chi connectivity index (χ1v) is 14.3. The van der Waals surface area contributed by atoms with Crippen LogP contribution < -0.4 is 0 Å². The molecule has 0 amide bonds. The van der Waals surface area contributed by atoms with E-state index in [-0.39, 0.29) is 37.1 Å². The molecule has 0 aromatic heterocycles. The third kappa shape index (κ3) is 4.73. The van der Waals surface area contributed by atoms with E-state index in [1.54, 1.807) is 0 Å². The zero-order valence-electron chi connectivity index (χ0n) is 14.5. The molecule has 2 atom stereocenters. The van der Waals surface area contributed by atoms with Crippen LogP contribution in [0.2, 0.25) is 0 Å². The van der Waals surface area contributed by atoms with E-state index in [4.69, 9.17) is 26.5 Å². The number of nitrogens with zero attached hydrogens (tertiary/aromatic N) is 2. The Kier molecular flexibility index (Phi) is 9.75. The average Bonchev–Trinajstić information content (AvgIpc) is 3.18. The first kappa shape index (κ1) is 22.4. The summed E-state index contributed by atoms with van der Waals surface area (Å²) < 4.78 is 11.6. The topological polar surface area (TPSA) is 83.6 Å². The number of halogens is 2. The fourth-order valence-corrected chi connectivity index (χ4v) is 3.22. The second kappa shape index (κ2) is 10.5. The number of aliphatic imine (C=N–C) groups is 2. The van der Waals surface area contributed by atoms with Gasteiger partial charge in [0.05, 0.1) is 13.2 Å². The van der Waals surface area contributed by atoms with Crippen LogP contribution in [0.15, 0.2) is 9.98 Å². The summed E-state index contributed by atoms with van der Waals surface area (Å²) in [7, 11) is 9.87. The zero-order chi connectivity index (χ0) is 18.3.